The third kappa shape index (κ3) is 6.99. The molecule has 1 aromatic heterocycles. The summed E-state index contributed by atoms with van der Waals surface area (Å²) in [6.07, 6.45) is 3.04. The number of hydrogen-bond acceptors (Lipinski definition) is 7. The highest BCUT2D eigenvalue weighted by Crippen LogP contribution is 2.26. The number of aromatic nitrogens is 1. The lowest BCUT2D eigenvalue weighted by molar-refractivity contribution is -0.139. The fourth-order valence-electron chi connectivity index (χ4n) is 3.92. The van der Waals surface area contributed by atoms with Crippen LogP contribution in [0.5, 0.6) is 0 Å². The lowest BCUT2D eigenvalue weighted by atomic mass is 9.84. The Hall–Kier alpha value is -3.09. The predicted octanol–water partition coefficient (Wildman–Crippen LogP) is 1.33. The molecular weight excluding hydrogens is 486 g/mol. The molecule has 0 aliphatic heterocycles. The number of sulfonamides is 1. The van der Waals surface area contributed by atoms with Gasteiger partial charge >= 0.3 is 0 Å². The van der Waals surface area contributed by atoms with Crippen LogP contribution >= 0.6 is 0 Å². The number of hydrogen-bond donors (Lipinski definition) is 5. The molecule has 1 heterocycles. The molecule has 12 heteroatoms. The van der Waals surface area contributed by atoms with Crippen LogP contribution in [0.3, 0.4) is 0 Å². The van der Waals surface area contributed by atoms with E-state index in [4.69, 9.17) is 0 Å². The quantitative estimate of drug-likeness (QED) is 0.232. The van der Waals surface area contributed by atoms with Gasteiger partial charge in [0.2, 0.25) is 21.8 Å². The summed E-state index contributed by atoms with van der Waals surface area (Å²) in [6, 6.07) is 3.52. The molecule has 198 valence electrons. The van der Waals surface area contributed by atoms with Gasteiger partial charge in [0.25, 0.3) is 5.91 Å². The largest absolute Gasteiger partial charge is 0.357 e. The Morgan fingerprint density at radius 2 is 1.72 bits per heavy atom. The average Bonchev–Trinajstić information content (AvgIpc) is 2.82. The van der Waals surface area contributed by atoms with Crippen LogP contribution in [0.4, 0.5) is 0 Å². The first-order valence-electron chi connectivity index (χ1n) is 11.5. The van der Waals surface area contributed by atoms with Gasteiger partial charge in [0.05, 0.1) is 10.8 Å². The Morgan fingerprint density at radius 3 is 2.28 bits per heavy atom. The van der Waals surface area contributed by atoms with Crippen molar-refractivity contribution in [1.82, 2.24) is 25.8 Å². The van der Waals surface area contributed by atoms with Gasteiger partial charge in [-0.1, -0.05) is 46.8 Å². The van der Waals surface area contributed by atoms with Crippen molar-refractivity contribution in [2.24, 2.45) is 17.3 Å². The van der Waals surface area contributed by atoms with E-state index < -0.39 is 51.2 Å². The van der Waals surface area contributed by atoms with E-state index in [9.17, 15) is 28.0 Å². The molecule has 3 atom stereocenters. The maximum Gasteiger partial charge on any atom is 0.262 e. The maximum atomic E-state index is 13.5. The van der Waals surface area contributed by atoms with Crippen molar-refractivity contribution in [2.75, 3.05) is 7.05 Å². The summed E-state index contributed by atoms with van der Waals surface area (Å²) in [5.41, 5.74) is 0.790. The Morgan fingerprint density at radius 1 is 1.06 bits per heavy atom. The highest BCUT2D eigenvalue weighted by atomic mass is 32.2. The fourth-order valence-corrected chi connectivity index (χ4v) is 5.38. The standard InChI is InChI=1S/C24H35N5O6S/c1-14(2)12-17(21(30)27-20(23(32)25-6)24(3,4)5)19(22(31)28-33)29-36(34,35)18-9-7-8-15-13-26-11-10-16(15)18/h7-11,13-14,17,19-20,29,33H,12H2,1-6H3,(H,25,32)(H,27,30)(H,28,31)/t17-,19+,20-/m1/s1. The number of nitrogens with zero attached hydrogens (tertiary/aromatic N) is 1. The summed E-state index contributed by atoms with van der Waals surface area (Å²) >= 11 is 0. The number of hydroxylamine groups is 1. The highest BCUT2D eigenvalue weighted by molar-refractivity contribution is 7.89. The molecule has 2 rings (SSSR count). The van der Waals surface area contributed by atoms with Crippen LogP contribution in [-0.4, -0.2) is 55.5 Å². The van der Waals surface area contributed by atoms with Gasteiger partial charge in [0, 0.05) is 30.2 Å². The summed E-state index contributed by atoms with van der Waals surface area (Å²) in [5, 5.41) is 15.5. The van der Waals surface area contributed by atoms with E-state index in [0.29, 0.717) is 10.8 Å². The first-order chi connectivity index (χ1) is 16.7. The zero-order valence-corrected chi connectivity index (χ0v) is 22.1. The van der Waals surface area contributed by atoms with Crippen LogP contribution in [0, 0.1) is 17.3 Å². The number of fused-ring (bicyclic) bond motifs is 1. The molecule has 0 saturated heterocycles. The van der Waals surface area contributed by atoms with Crippen molar-refractivity contribution < 1.29 is 28.0 Å². The van der Waals surface area contributed by atoms with Crippen molar-refractivity contribution in [3.8, 4) is 0 Å². The van der Waals surface area contributed by atoms with E-state index in [2.05, 4.69) is 20.3 Å². The van der Waals surface area contributed by atoms with Crippen LogP contribution in [0.15, 0.2) is 41.6 Å². The van der Waals surface area contributed by atoms with Crippen LogP contribution in [0.2, 0.25) is 0 Å². The lowest BCUT2D eigenvalue weighted by Gasteiger charge is -2.33. The van der Waals surface area contributed by atoms with Crippen LogP contribution in [0.25, 0.3) is 10.8 Å². The number of nitrogens with one attached hydrogen (secondary N) is 4. The van der Waals surface area contributed by atoms with Gasteiger partial charge in [-0.25, -0.2) is 13.9 Å². The smallest absolute Gasteiger partial charge is 0.262 e. The third-order valence-electron chi connectivity index (χ3n) is 5.73. The molecule has 2 aromatic rings. The lowest BCUT2D eigenvalue weighted by Crippen LogP contribution is -2.59. The van der Waals surface area contributed by atoms with Crippen LogP contribution in [0.1, 0.15) is 41.0 Å². The number of likely N-dealkylation sites (N-methyl/N-ethyl adjacent to an activating group) is 1. The minimum atomic E-state index is -4.34. The molecule has 0 fully saturated rings. The summed E-state index contributed by atoms with van der Waals surface area (Å²) in [7, 11) is -2.90. The average molecular weight is 522 g/mol. The Labute approximate surface area is 211 Å². The van der Waals surface area contributed by atoms with Crippen LogP contribution in [-0.2, 0) is 24.4 Å². The Bertz CT molecular complexity index is 1200. The molecule has 0 saturated carbocycles. The predicted molar refractivity (Wildman–Crippen MR) is 134 cm³/mol. The van der Waals surface area contributed by atoms with Crippen molar-refractivity contribution in [2.45, 2.75) is 58.0 Å². The molecule has 0 aliphatic rings. The normalized spacial score (nSPS) is 14.7. The summed E-state index contributed by atoms with van der Waals surface area (Å²) < 4.78 is 29.2. The van der Waals surface area contributed by atoms with E-state index in [1.54, 1.807) is 40.7 Å². The van der Waals surface area contributed by atoms with Gasteiger partial charge in [-0.2, -0.15) is 4.72 Å². The molecular formula is C24H35N5O6S. The number of carbonyl (C=O) groups is 3. The van der Waals surface area contributed by atoms with E-state index in [0.717, 1.165) is 0 Å². The zero-order valence-electron chi connectivity index (χ0n) is 21.3. The molecule has 5 N–H and O–H groups in total. The van der Waals surface area contributed by atoms with Gasteiger partial charge in [-0.3, -0.25) is 24.6 Å². The minimum Gasteiger partial charge on any atom is -0.357 e. The molecule has 11 nitrogen and oxygen atoms in total. The second-order valence-electron chi connectivity index (χ2n) is 10.1. The second-order valence-corrected chi connectivity index (χ2v) is 11.8. The fraction of sp³-hybridized carbons (Fsp3) is 0.500. The Balaban J connectivity index is 2.52. The van der Waals surface area contributed by atoms with Gasteiger partial charge in [0.15, 0.2) is 0 Å². The second kappa shape index (κ2) is 11.8. The molecule has 0 aliphatic carbocycles. The van der Waals surface area contributed by atoms with Gasteiger partial charge in [-0.05, 0) is 29.9 Å². The van der Waals surface area contributed by atoms with Crippen molar-refractivity contribution in [3.05, 3.63) is 36.7 Å². The number of rotatable bonds is 10. The number of carbonyl (C=O) groups excluding carboxylic acids is 3. The monoisotopic (exact) mass is 521 g/mol. The van der Waals surface area contributed by atoms with Crippen molar-refractivity contribution >= 4 is 38.5 Å². The van der Waals surface area contributed by atoms with E-state index in [1.165, 1.54) is 43.1 Å². The number of pyridine rings is 1. The van der Waals surface area contributed by atoms with Crippen molar-refractivity contribution in [1.29, 1.82) is 0 Å². The molecule has 0 spiro atoms. The molecule has 36 heavy (non-hydrogen) atoms. The van der Waals surface area contributed by atoms with Gasteiger partial charge < -0.3 is 10.6 Å². The zero-order chi connectivity index (χ0) is 27.3. The number of amides is 3. The highest BCUT2D eigenvalue weighted by Gasteiger charge is 2.41. The van der Waals surface area contributed by atoms with E-state index in [1.807, 2.05) is 0 Å². The van der Waals surface area contributed by atoms with Gasteiger partial charge in [-0.15, -0.1) is 0 Å². The SMILES string of the molecule is CNC(=O)[C@@H](NC(=O)[C@H](CC(C)C)[C@H](NS(=O)(=O)c1cccc2cnccc12)C(=O)NO)C(C)(C)C. The van der Waals surface area contributed by atoms with Gasteiger partial charge in [0.1, 0.15) is 12.1 Å². The molecule has 0 bridgehead atoms. The van der Waals surface area contributed by atoms with E-state index in [-0.39, 0.29) is 17.2 Å². The van der Waals surface area contributed by atoms with E-state index >= 15 is 0 Å². The topological polar surface area (TPSA) is 167 Å². The van der Waals surface area contributed by atoms with Crippen molar-refractivity contribution in [3.63, 3.8) is 0 Å². The summed E-state index contributed by atoms with van der Waals surface area (Å²) in [4.78, 5) is 42.5. The number of benzene rings is 1. The first-order valence-corrected chi connectivity index (χ1v) is 13.0. The Kier molecular flexibility index (Phi) is 9.52. The molecule has 3 amide bonds. The molecule has 1 aromatic carbocycles. The summed E-state index contributed by atoms with van der Waals surface area (Å²) in [5.74, 6) is -3.61. The van der Waals surface area contributed by atoms with Crippen LogP contribution < -0.4 is 20.8 Å². The third-order valence-corrected chi connectivity index (χ3v) is 7.23. The minimum absolute atomic E-state index is 0.0938. The molecule has 0 unspecified atom stereocenters. The summed E-state index contributed by atoms with van der Waals surface area (Å²) in [6.45, 7) is 8.91. The maximum absolute atomic E-state index is 13.5. The molecule has 0 radical (unpaired) electrons. The first kappa shape index (κ1) is 29.1.